The number of hydrogen-bond donors (Lipinski definition) is 0. The summed E-state index contributed by atoms with van der Waals surface area (Å²) < 4.78 is 7.31. The maximum absolute atomic E-state index is 13.3. The molecule has 2 fully saturated rings. The number of amides is 2. The highest BCUT2D eigenvalue weighted by molar-refractivity contribution is 6.00. The molecule has 0 radical (unpaired) electrons. The summed E-state index contributed by atoms with van der Waals surface area (Å²) in [4.78, 5) is 29.4. The minimum Gasteiger partial charge on any atom is -0.444 e. The Balaban J connectivity index is 1.47. The maximum Gasteiger partial charge on any atom is 0.410 e. The Labute approximate surface area is 190 Å². The van der Waals surface area contributed by atoms with Crippen LogP contribution < -0.4 is 0 Å². The van der Waals surface area contributed by atoms with Gasteiger partial charge in [0.2, 0.25) is 0 Å². The first-order valence-electron chi connectivity index (χ1n) is 11.8. The first-order valence-corrected chi connectivity index (χ1v) is 11.8. The second-order valence-corrected chi connectivity index (χ2v) is 10.7. The number of hydrogen-bond acceptors (Lipinski definition) is 4. The lowest BCUT2D eigenvalue weighted by Crippen LogP contribution is -2.42. The van der Waals surface area contributed by atoms with Crippen molar-refractivity contribution in [3.63, 3.8) is 0 Å². The molecule has 0 spiro atoms. The molecule has 2 aromatic rings. The summed E-state index contributed by atoms with van der Waals surface area (Å²) in [7, 11) is 0. The van der Waals surface area contributed by atoms with Gasteiger partial charge in [0.1, 0.15) is 5.60 Å². The molecule has 0 bridgehead atoms. The minimum atomic E-state index is -0.478. The second kappa shape index (κ2) is 8.75. The number of pyridine rings is 1. The molecular weight excluding hydrogens is 404 g/mol. The zero-order valence-electron chi connectivity index (χ0n) is 20.0. The van der Waals surface area contributed by atoms with E-state index in [1.54, 1.807) is 15.6 Å². The van der Waals surface area contributed by atoms with Gasteiger partial charge in [-0.2, -0.15) is 5.10 Å². The fraction of sp³-hybridized carbons (Fsp3) is 0.640. The van der Waals surface area contributed by atoms with Gasteiger partial charge in [0.15, 0.2) is 0 Å². The second-order valence-electron chi connectivity index (χ2n) is 10.7. The predicted molar refractivity (Wildman–Crippen MR) is 124 cm³/mol. The first kappa shape index (κ1) is 22.6. The Hall–Kier alpha value is -2.57. The predicted octanol–water partition coefficient (Wildman–Crippen LogP) is 4.57. The van der Waals surface area contributed by atoms with Gasteiger partial charge in [-0.3, -0.25) is 4.79 Å². The highest BCUT2D eigenvalue weighted by Gasteiger charge is 2.30. The van der Waals surface area contributed by atoms with Crippen LogP contribution in [0.4, 0.5) is 4.79 Å². The molecule has 4 rings (SSSR count). The van der Waals surface area contributed by atoms with E-state index in [9.17, 15) is 9.59 Å². The van der Waals surface area contributed by atoms with Gasteiger partial charge in [-0.25, -0.2) is 9.31 Å². The minimum absolute atomic E-state index is 0.0790. The fourth-order valence-corrected chi connectivity index (χ4v) is 5.14. The van der Waals surface area contributed by atoms with Crippen LogP contribution in [0.5, 0.6) is 0 Å². The van der Waals surface area contributed by atoms with Gasteiger partial charge in [0.25, 0.3) is 5.91 Å². The van der Waals surface area contributed by atoms with Gasteiger partial charge in [-0.15, -0.1) is 0 Å². The van der Waals surface area contributed by atoms with Crippen LogP contribution in [0.3, 0.4) is 0 Å². The molecule has 0 N–H and O–H groups in total. The van der Waals surface area contributed by atoms with Crippen molar-refractivity contribution < 1.29 is 14.3 Å². The van der Waals surface area contributed by atoms with Crippen molar-refractivity contribution in [2.75, 3.05) is 26.2 Å². The number of ether oxygens (including phenoxy) is 1. The van der Waals surface area contributed by atoms with Crippen LogP contribution in [0.1, 0.15) is 75.7 Å². The fourth-order valence-electron chi connectivity index (χ4n) is 5.14. The van der Waals surface area contributed by atoms with Crippen molar-refractivity contribution >= 4 is 17.5 Å². The van der Waals surface area contributed by atoms with Crippen molar-refractivity contribution in [2.24, 2.45) is 11.8 Å². The number of rotatable bonds is 2. The van der Waals surface area contributed by atoms with Gasteiger partial charge >= 0.3 is 6.09 Å². The number of carbonyl (C=O) groups is 2. The molecular formula is C25H36N4O3. The lowest BCUT2D eigenvalue weighted by atomic mass is 9.89. The van der Waals surface area contributed by atoms with E-state index >= 15 is 0 Å². The quantitative estimate of drug-likeness (QED) is 0.686. The normalized spacial score (nSPS) is 22.9. The standard InChI is InChI=1S/C25H36N4O3/c1-17-12-18(2)16-28(15-17)23(30)21-14-26-29-11-8-20(13-22(21)29)19-6-9-27(10-7-19)24(31)32-25(3,4)5/h8,11,13-14,17-19H,6-7,9-10,12,15-16H2,1-5H3. The van der Waals surface area contributed by atoms with Crippen molar-refractivity contribution in [2.45, 2.75) is 65.4 Å². The molecule has 2 aromatic heterocycles. The van der Waals surface area contributed by atoms with Crippen LogP contribution in [-0.4, -0.2) is 63.2 Å². The van der Waals surface area contributed by atoms with Gasteiger partial charge in [-0.05, 0) is 75.5 Å². The summed E-state index contributed by atoms with van der Waals surface area (Å²) in [5, 5.41) is 4.43. The third-order valence-corrected chi connectivity index (χ3v) is 6.55. The van der Waals surface area contributed by atoms with Gasteiger partial charge in [0, 0.05) is 32.4 Å². The summed E-state index contributed by atoms with van der Waals surface area (Å²) in [6, 6.07) is 4.21. The molecule has 4 heterocycles. The summed E-state index contributed by atoms with van der Waals surface area (Å²) in [6.45, 7) is 13.1. The van der Waals surface area contributed by atoms with Crippen molar-refractivity contribution in [1.29, 1.82) is 0 Å². The molecule has 2 aliphatic heterocycles. The maximum atomic E-state index is 13.3. The molecule has 2 aliphatic rings. The molecule has 2 unspecified atom stereocenters. The molecule has 174 valence electrons. The number of carbonyl (C=O) groups excluding carboxylic acids is 2. The first-order chi connectivity index (χ1) is 15.1. The number of likely N-dealkylation sites (tertiary alicyclic amines) is 2. The molecule has 0 aliphatic carbocycles. The van der Waals surface area contributed by atoms with Gasteiger partial charge in [0.05, 0.1) is 17.3 Å². The largest absolute Gasteiger partial charge is 0.444 e. The van der Waals surface area contributed by atoms with Crippen LogP contribution in [0.15, 0.2) is 24.5 Å². The number of piperidine rings is 2. The lowest BCUT2D eigenvalue weighted by molar-refractivity contribution is 0.0204. The Morgan fingerprint density at radius 3 is 2.34 bits per heavy atom. The van der Waals surface area contributed by atoms with Crippen LogP contribution in [0, 0.1) is 11.8 Å². The molecule has 2 saturated heterocycles. The van der Waals surface area contributed by atoms with E-state index in [2.05, 4.69) is 31.1 Å². The zero-order chi connectivity index (χ0) is 23.0. The average Bonchev–Trinajstić information content (AvgIpc) is 3.14. The van der Waals surface area contributed by atoms with E-state index in [1.165, 1.54) is 12.0 Å². The molecule has 7 nitrogen and oxygen atoms in total. The van der Waals surface area contributed by atoms with Crippen LogP contribution in [-0.2, 0) is 4.74 Å². The van der Waals surface area contributed by atoms with Crippen molar-refractivity contribution in [3.8, 4) is 0 Å². The Kier molecular flexibility index (Phi) is 6.19. The number of aromatic nitrogens is 2. The lowest BCUT2D eigenvalue weighted by Gasteiger charge is -2.35. The van der Waals surface area contributed by atoms with Crippen LogP contribution >= 0.6 is 0 Å². The molecule has 0 saturated carbocycles. The SMILES string of the molecule is CC1CC(C)CN(C(=O)c2cnn3ccc(C4CCN(C(=O)OC(C)(C)C)CC4)cc23)C1. The third-order valence-electron chi connectivity index (χ3n) is 6.55. The van der Waals surface area contributed by atoms with E-state index in [0.717, 1.165) is 31.4 Å². The molecule has 0 aromatic carbocycles. The topological polar surface area (TPSA) is 67.2 Å². The molecule has 2 atom stereocenters. The summed E-state index contributed by atoms with van der Waals surface area (Å²) in [5.41, 5.74) is 2.27. The van der Waals surface area contributed by atoms with Crippen LogP contribution in [0.2, 0.25) is 0 Å². The molecule has 7 heteroatoms. The smallest absolute Gasteiger partial charge is 0.410 e. The Morgan fingerprint density at radius 1 is 1.06 bits per heavy atom. The van der Waals surface area contributed by atoms with E-state index < -0.39 is 5.60 Å². The Morgan fingerprint density at radius 2 is 1.72 bits per heavy atom. The van der Waals surface area contributed by atoms with E-state index in [0.29, 0.717) is 36.4 Å². The summed E-state index contributed by atoms with van der Waals surface area (Å²) >= 11 is 0. The van der Waals surface area contributed by atoms with E-state index in [1.807, 2.05) is 31.9 Å². The van der Waals surface area contributed by atoms with Gasteiger partial charge in [-0.1, -0.05) is 13.8 Å². The van der Waals surface area contributed by atoms with E-state index in [4.69, 9.17) is 4.74 Å². The third kappa shape index (κ3) is 4.92. The van der Waals surface area contributed by atoms with Gasteiger partial charge < -0.3 is 14.5 Å². The zero-order valence-corrected chi connectivity index (χ0v) is 20.0. The Bertz CT molecular complexity index is 975. The number of fused-ring (bicyclic) bond motifs is 1. The van der Waals surface area contributed by atoms with Crippen LogP contribution in [0.25, 0.3) is 5.52 Å². The molecule has 32 heavy (non-hydrogen) atoms. The van der Waals surface area contributed by atoms with E-state index in [-0.39, 0.29) is 12.0 Å². The monoisotopic (exact) mass is 440 g/mol. The average molecular weight is 441 g/mol. The van der Waals surface area contributed by atoms with Crippen molar-refractivity contribution in [3.05, 3.63) is 35.7 Å². The number of nitrogens with zero attached hydrogens (tertiary/aromatic N) is 4. The summed E-state index contributed by atoms with van der Waals surface area (Å²) in [5.74, 6) is 1.48. The highest BCUT2D eigenvalue weighted by Crippen LogP contribution is 2.31. The summed E-state index contributed by atoms with van der Waals surface area (Å²) in [6.07, 6.45) is 6.35. The highest BCUT2D eigenvalue weighted by atomic mass is 16.6. The van der Waals surface area contributed by atoms with Crippen molar-refractivity contribution in [1.82, 2.24) is 19.4 Å². The molecule has 2 amide bonds.